The van der Waals surface area contributed by atoms with Crippen LogP contribution in [0.2, 0.25) is 0 Å². The predicted molar refractivity (Wildman–Crippen MR) is 72.9 cm³/mol. The first-order valence-electron chi connectivity index (χ1n) is 4.05. The van der Waals surface area contributed by atoms with Crippen LogP contribution in [-0.4, -0.2) is 13.4 Å². The molecule has 0 bridgehead atoms. The molecule has 0 radical (unpaired) electrons. The maximum Gasteiger partial charge on any atom is 0.134 e. The number of methoxy groups -OCH3 is 1. The van der Waals surface area contributed by atoms with Gasteiger partial charge in [-0.15, -0.1) is 23.1 Å². The van der Waals surface area contributed by atoms with Crippen LogP contribution in [0.15, 0.2) is 22.4 Å². The van der Waals surface area contributed by atoms with Crippen molar-refractivity contribution in [3.8, 4) is 5.75 Å². The molecular formula is C10H9IOS2. The van der Waals surface area contributed by atoms with Gasteiger partial charge in [-0.25, -0.2) is 0 Å². The van der Waals surface area contributed by atoms with Crippen LogP contribution in [0.5, 0.6) is 5.75 Å². The van der Waals surface area contributed by atoms with Gasteiger partial charge in [-0.3, -0.25) is 0 Å². The minimum Gasteiger partial charge on any atom is -0.496 e. The summed E-state index contributed by atoms with van der Waals surface area (Å²) in [7, 11) is 1.72. The molecule has 2 rings (SSSR count). The molecule has 0 atom stereocenters. The van der Waals surface area contributed by atoms with Crippen LogP contribution in [0.25, 0.3) is 10.1 Å². The second-order valence-electron chi connectivity index (χ2n) is 2.76. The van der Waals surface area contributed by atoms with Crippen molar-refractivity contribution in [3.63, 3.8) is 0 Å². The summed E-state index contributed by atoms with van der Waals surface area (Å²) in [6.45, 7) is 0. The smallest absolute Gasteiger partial charge is 0.134 e. The quantitative estimate of drug-likeness (QED) is 0.599. The molecule has 0 saturated carbocycles. The van der Waals surface area contributed by atoms with Crippen molar-refractivity contribution in [2.45, 2.75) is 4.90 Å². The average molecular weight is 336 g/mol. The Hall–Kier alpha value is 0.0600. The van der Waals surface area contributed by atoms with E-state index >= 15 is 0 Å². The van der Waals surface area contributed by atoms with Crippen LogP contribution < -0.4 is 4.74 Å². The normalized spacial score (nSPS) is 10.8. The van der Waals surface area contributed by atoms with Gasteiger partial charge < -0.3 is 4.74 Å². The highest BCUT2D eigenvalue weighted by molar-refractivity contribution is 14.1. The van der Waals surface area contributed by atoms with E-state index in [9.17, 15) is 0 Å². The molecule has 0 unspecified atom stereocenters. The molecule has 0 saturated heterocycles. The lowest BCUT2D eigenvalue weighted by Crippen LogP contribution is -1.88. The van der Waals surface area contributed by atoms with E-state index in [1.54, 1.807) is 30.2 Å². The molecule has 2 aromatic rings. The summed E-state index contributed by atoms with van der Waals surface area (Å²) >= 11 is 5.88. The lowest BCUT2D eigenvalue weighted by atomic mass is 10.2. The molecule has 0 fully saturated rings. The number of rotatable bonds is 2. The molecule has 1 aromatic carbocycles. The van der Waals surface area contributed by atoms with Crippen LogP contribution in [0, 0.1) is 3.57 Å². The zero-order valence-corrected chi connectivity index (χ0v) is 11.6. The third kappa shape index (κ3) is 1.63. The first-order chi connectivity index (χ1) is 6.77. The van der Waals surface area contributed by atoms with Crippen molar-refractivity contribution in [1.29, 1.82) is 0 Å². The average Bonchev–Trinajstić information content (AvgIpc) is 2.64. The van der Waals surface area contributed by atoms with Crippen molar-refractivity contribution in [1.82, 2.24) is 0 Å². The first-order valence-corrected chi connectivity index (χ1v) is 7.24. The summed E-state index contributed by atoms with van der Waals surface area (Å²) in [5, 5.41) is 3.47. The van der Waals surface area contributed by atoms with Crippen molar-refractivity contribution in [2.24, 2.45) is 0 Å². The van der Waals surface area contributed by atoms with Gasteiger partial charge in [-0.2, -0.15) is 0 Å². The van der Waals surface area contributed by atoms with E-state index in [4.69, 9.17) is 4.74 Å². The molecule has 1 nitrogen and oxygen atoms in total. The largest absolute Gasteiger partial charge is 0.496 e. The van der Waals surface area contributed by atoms with Gasteiger partial charge in [-0.05, 0) is 46.4 Å². The molecular weight excluding hydrogens is 327 g/mol. The lowest BCUT2D eigenvalue weighted by molar-refractivity contribution is 0.411. The molecule has 74 valence electrons. The molecule has 1 aromatic heterocycles. The number of hydrogen-bond acceptors (Lipinski definition) is 3. The number of fused-ring (bicyclic) bond motifs is 1. The van der Waals surface area contributed by atoms with E-state index in [2.05, 4.69) is 46.4 Å². The van der Waals surface area contributed by atoms with Gasteiger partial charge in [-0.1, -0.05) is 0 Å². The Morgan fingerprint density at radius 3 is 2.93 bits per heavy atom. The maximum atomic E-state index is 5.35. The fourth-order valence-corrected chi connectivity index (χ4v) is 4.27. The van der Waals surface area contributed by atoms with Gasteiger partial charge in [0.2, 0.25) is 0 Å². The monoisotopic (exact) mass is 336 g/mol. The number of benzene rings is 1. The van der Waals surface area contributed by atoms with Crippen LogP contribution in [0.3, 0.4) is 0 Å². The highest BCUT2D eigenvalue weighted by atomic mass is 127. The van der Waals surface area contributed by atoms with Crippen LogP contribution in [-0.2, 0) is 0 Å². The standard InChI is InChI=1S/C10H9IOS2/c1-12-7-5-8-6(3-4-14-8)10(13-2)9(7)11/h3-5H,1-2H3. The number of ether oxygens (including phenoxy) is 1. The van der Waals surface area contributed by atoms with Crippen molar-refractivity contribution in [3.05, 3.63) is 21.1 Å². The van der Waals surface area contributed by atoms with Crippen LogP contribution >= 0.6 is 45.7 Å². The Morgan fingerprint density at radius 1 is 1.50 bits per heavy atom. The summed E-state index contributed by atoms with van der Waals surface area (Å²) in [4.78, 5) is 1.32. The number of halogens is 1. The van der Waals surface area contributed by atoms with Crippen molar-refractivity contribution < 1.29 is 4.74 Å². The van der Waals surface area contributed by atoms with Gasteiger partial charge in [0.25, 0.3) is 0 Å². The van der Waals surface area contributed by atoms with Gasteiger partial charge in [0.05, 0.1) is 10.7 Å². The van der Waals surface area contributed by atoms with Gasteiger partial charge >= 0.3 is 0 Å². The van der Waals surface area contributed by atoms with Crippen molar-refractivity contribution in [2.75, 3.05) is 13.4 Å². The molecule has 0 aliphatic heterocycles. The molecule has 0 spiro atoms. The number of thioether (sulfide) groups is 1. The predicted octanol–water partition coefficient (Wildman–Crippen LogP) is 4.24. The SMILES string of the molecule is COc1cc2sccc2c(SC)c1I. The highest BCUT2D eigenvalue weighted by Crippen LogP contribution is 2.39. The zero-order chi connectivity index (χ0) is 10.1. The summed E-state index contributed by atoms with van der Waals surface area (Å²) in [6.07, 6.45) is 2.11. The first kappa shape index (κ1) is 10.6. The maximum absolute atomic E-state index is 5.35. The van der Waals surface area contributed by atoms with E-state index in [0.29, 0.717) is 0 Å². The molecule has 1 heterocycles. The number of hydrogen-bond donors (Lipinski definition) is 0. The molecule has 0 aliphatic carbocycles. The van der Waals surface area contributed by atoms with Gasteiger partial charge in [0, 0.05) is 15.0 Å². The van der Waals surface area contributed by atoms with E-state index in [0.717, 1.165) is 5.75 Å². The Balaban J connectivity index is 2.80. The van der Waals surface area contributed by atoms with E-state index < -0.39 is 0 Å². The summed E-state index contributed by atoms with van der Waals surface area (Å²) < 4.78 is 7.86. The van der Waals surface area contributed by atoms with Crippen LogP contribution in [0.4, 0.5) is 0 Å². The van der Waals surface area contributed by atoms with E-state index in [1.165, 1.54) is 18.6 Å². The molecule has 0 amide bonds. The number of thiophene rings is 1. The Labute approximate surface area is 105 Å². The second kappa shape index (κ2) is 4.28. The lowest BCUT2D eigenvalue weighted by Gasteiger charge is -2.08. The fraction of sp³-hybridized carbons (Fsp3) is 0.200. The molecule has 14 heavy (non-hydrogen) atoms. The zero-order valence-electron chi connectivity index (χ0n) is 7.83. The van der Waals surface area contributed by atoms with Crippen LogP contribution in [0.1, 0.15) is 0 Å². The third-order valence-electron chi connectivity index (χ3n) is 2.04. The fourth-order valence-electron chi connectivity index (χ4n) is 1.38. The van der Waals surface area contributed by atoms with Gasteiger partial charge in [0.15, 0.2) is 0 Å². The molecule has 0 N–H and O–H groups in total. The Bertz CT molecular complexity index is 464. The highest BCUT2D eigenvalue weighted by Gasteiger charge is 2.11. The third-order valence-corrected chi connectivity index (χ3v) is 5.17. The summed E-state index contributed by atoms with van der Waals surface area (Å²) in [5.41, 5.74) is 0. The Morgan fingerprint density at radius 2 is 2.29 bits per heavy atom. The second-order valence-corrected chi connectivity index (χ2v) is 5.60. The minimum absolute atomic E-state index is 0.977. The van der Waals surface area contributed by atoms with E-state index in [1.807, 2.05) is 0 Å². The summed E-state index contributed by atoms with van der Waals surface area (Å²) in [5.74, 6) is 0.977. The topological polar surface area (TPSA) is 9.23 Å². The Kier molecular flexibility index (Phi) is 3.23. The molecule has 4 heteroatoms. The molecule has 0 aliphatic rings. The van der Waals surface area contributed by atoms with E-state index in [-0.39, 0.29) is 0 Å². The minimum atomic E-state index is 0.977. The summed E-state index contributed by atoms with van der Waals surface area (Å²) in [6, 6.07) is 4.29. The van der Waals surface area contributed by atoms with Crippen molar-refractivity contribution >= 4 is 55.8 Å². The van der Waals surface area contributed by atoms with Gasteiger partial charge in [0.1, 0.15) is 5.75 Å².